The van der Waals surface area contributed by atoms with Crippen molar-refractivity contribution < 1.29 is 9.53 Å². The summed E-state index contributed by atoms with van der Waals surface area (Å²) in [4.78, 5) is 14.5. The smallest absolute Gasteiger partial charge is 0.313 e. The molecule has 21 heavy (non-hydrogen) atoms. The second-order valence-corrected chi connectivity index (χ2v) is 8.21. The third-order valence-corrected chi connectivity index (χ3v) is 6.20. The van der Waals surface area contributed by atoms with E-state index in [4.69, 9.17) is 4.74 Å². The molecule has 1 saturated heterocycles. The molecule has 1 aliphatic carbocycles. The summed E-state index contributed by atoms with van der Waals surface area (Å²) < 4.78 is 5.08. The number of hydrogen-bond acceptors (Lipinski definition) is 6. The predicted molar refractivity (Wildman–Crippen MR) is 82.6 cm³/mol. The number of fused-ring (bicyclic) bond motifs is 1. The van der Waals surface area contributed by atoms with E-state index in [1.807, 2.05) is 0 Å². The highest BCUT2D eigenvalue weighted by molar-refractivity contribution is 7.15. The Labute approximate surface area is 129 Å². The number of hydrogen-bond donors (Lipinski definition) is 0. The first-order valence-corrected chi connectivity index (χ1v) is 8.36. The van der Waals surface area contributed by atoms with Crippen LogP contribution < -0.4 is 4.90 Å². The average Bonchev–Trinajstić information content (AvgIpc) is 3.09. The molecule has 6 heteroatoms. The lowest BCUT2D eigenvalue weighted by Gasteiger charge is -2.25. The lowest BCUT2D eigenvalue weighted by atomic mass is 9.81. The number of carbonyl (C=O) groups excluding carboxylic acids is 1. The minimum Gasteiger partial charge on any atom is -0.469 e. The molecule has 0 radical (unpaired) electrons. The fourth-order valence-electron chi connectivity index (χ4n) is 3.62. The zero-order chi connectivity index (χ0) is 15.3. The van der Waals surface area contributed by atoms with E-state index in [2.05, 4.69) is 35.9 Å². The second kappa shape index (κ2) is 4.93. The highest BCUT2D eigenvalue weighted by Gasteiger charge is 2.56. The summed E-state index contributed by atoms with van der Waals surface area (Å²) in [6, 6.07) is 0. The van der Waals surface area contributed by atoms with Crippen molar-refractivity contribution in [2.45, 2.75) is 45.4 Å². The molecule has 0 spiro atoms. The van der Waals surface area contributed by atoms with Crippen LogP contribution in [0.2, 0.25) is 0 Å². The Morgan fingerprint density at radius 3 is 2.81 bits per heavy atom. The van der Waals surface area contributed by atoms with Gasteiger partial charge in [-0.15, -0.1) is 10.2 Å². The summed E-state index contributed by atoms with van der Waals surface area (Å²) in [6.07, 6.45) is 3.17. The van der Waals surface area contributed by atoms with Crippen molar-refractivity contribution in [3.8, 4) is 0 Å². The highest BCUT2D eigenvalue weighted by Crippen LogP contribution is 2.50. The maximum Gasteiger partial charge on any atom is 0.313 e. The van der Waals surface area contributed by atoms with Gasteiger partial charge in [0.25, 0.3) is 0 Å². The van der Waals surface area contributed by atoms with E-state index in [9.17, 15) is 4.79 Å². The number of esters is 1. The zero-order valence-electron chi connectivity index (χ0n) is 13.2. The van der Waals surface area contributed by atoms with Crippen LogP contribution in [0.5, 0.6) is 0 Å². The molecule has 2 atom stereocenters. The molecule has 0 aromatic carbocycles. The van der Waals surface area contributed by atoms with Crippen LogP contribution >= 0.6 is 11.3 Å². The number of carbonyl (C=O) groups is 1. The van der Waals surface area contributed by atoms with Crippen LogP contribution in [0.3, 0.4) is 0 Å². The molecule has 2 unspecified atom stereocenters. The fourth-order valence-corrected chi connectivity index (χ4v) is 4.53. The van der Waals surface area contributed by atoms with Crippen molar-refractivity contribution >= 4 is 22.4 Å². The summed E-state index contributed by atoms with van der Waals surface area (Å²) in [6.45, 7) is 8.06. The molecule has 3 rings (SSSR count). The Morgan fingerprint density at radius 2 is 2.19 bits per heavy atom. The van der Waals surface area contributed by atoms with Crippen LogP contribution in [0.15, 0.2) is 0 Å². The molecule has 0 N–H and O–H groups in total. The molecular formula is C15H23N3O2S. The van der Waals surface area contributed by atoms with E-state index in [-0.39, 0.29) is 16.8 Å². The van der Waals surface area contributed by atoms with Crippen LogP contribution in [0.4, 0.5) is 5.13 Å². The predicted octanol–water partition coefficient (Wildman–Crippen LogP) is 2.62. The SMILES string of the molecule is COC(=O)C12CCCC1CN(c1nnc(C(C)(C)C)s1)C2. The van der Waals surface area contributed by atoms with Crippen LogP contribution in [-0.4, -0.2) is 36.4 Å². The first-order chi connectivity index (χ1) is 9.87. The minimum atomic E-state index is -0.317. The molecule has 2 fully saturated rings. The maximum absolute atomic E-state index is 12.3. The summed E-state index contributed by atoms with van der Waals surface area (Å²) in [5.41, 5.74) is -0.298. The monoisotopic (exact) mass is 309 g/mol. The highest BCUT2D eigenvalue weighted by atomic mass is 32.1. The van der Waals surface area contributed by atoms with Gasteiger partial charge in [-0.25, -0.2) is 0 Å². The number of anilines is 1. The van der Waals surface area contributed by atoms with Crippen molar-refractivity contribution in [2.24, 2.45) is 11.3 Å². The van der Waals surface area contributed by atoms with Gasteiger partial charge < -0.3 is 9.64 Å². The maximum atomic E-state index is 12.3. The summed E-state index contributed by atoms with van der Waals surface area (Å²) in [5, 5.41) is 10.7. The molecule has 1 saturated carbocycles. The van der Waals surface area contributed by atoms with E-state index in [1.54, 1.807) is 11.3 Å². The van der Waals surface area contributed by atoms with Gasteiger partial charge in [-0.05, 0) is 18.8 Å². The molecule has 0 bridgehead atoms. The molecule has 116 valence electrons. The number of aromatic nitrogens is 2. The number of nitrogens with zero attached hydrogens (tertiary/aromatic N) is 3. The van der Waals surface area contributed by atoms with Gasteiger partial charge in [0.2, 0.25) is 5.13 Å². The van der Waals surface area contributed by atoms with E-state index >= 15 is 0 Å². The zero-order valence-corrected chi connectivity index (χ0v) is 14.0. The Balaban J connectivity index is 1.83. The molecule has 1 aromatic heterocycles. The largest absolute Gasteiger partial charge is 0.469 e. The Bertz CT molecular complexity index is 551. The minimum absolute atomic E-state index is 0.0194. The van der Waals surface area contributed by atoms with Gasteiger partial charge >= 0.3 is 5.97 Å². The Morgan fingerprint density at radius 1 is 1.43 bits per heavy atom. The standard InChI is InChI=1S/C15H23N3O2S/c1-14(2,3)11-16-17-13(21-11)18-8-10-6-5-7-15(10,9-18)12(19)20-4/h10H,5-9H2,1-4H3. The van der Waals surface area contributed by atoms with Crippen molar-refractivity contribution in [1.82, 2.24) is 10.2 Å². The summed E-state index contributed by atoms with van der Waals surface area (Å²) in [5.74, 6) is 0.347. The van der Waals surface area contributed by atoms with E-state index in [0.29, 0.717) is 5.92 Å². The number of rotatable bonds is 2. The van der Waals surface area contributed by atoms with Crippen molar-refractivity contribution in [3.63, 3.8) is 0 Å². The number of methoxy groups -OCH3 is 1. The Kier molecular flexibility index (Phi) is 3.47. The van der Waals surface area contributed by atoms with Crippen molar-refractivity contribution in [3.05, 3.63) is 5.01 Å². The average molecular weight is 309 g/mol. The lowest BCUT2D eigenvalue weighted by molar-refractivity contribution is -0.152. The van der Waals surface area contributed by atoms with Gasteiger partial charge in [-0.2, -0.15) is 0 Å². The molecule has 0 amide bonds. The summed E-state index contributed by atoms with van der Waals surface area (Å²) in [7, 11) is 1.50. The van der Waals surface area contributed by atoms with Gasteiger partial charge in [0.1, 0.15) is 5.01 Å². The summed E-state index contributed by atoms with van der Waals surface area (Å²) >= 11 is 1.65. The van der Waals surface area contributed by atoms with Crippen molar-refractivity contribution in [2.75, 3.05) is 25.1 Å². The molecule has 2 heterocycles. The quantitative estimate of drug-likeness (QED) is 0.786. The van der Waals surface area contributed by atoms with Crippen molar-refractivity contribution in [1.29, 1.82) is 0 Å². The first kappa shape index (κ1) is 14.8. The van der Waals surface area contributed by atoms with Gasteiger partial charge in [0, 0.05) is 18.5 Å². The van der Waals surface area contributed by atoms with E-state index in [1.165, 1.54) is 7.11 Å². The molecule has 1 aliphatic heterocycles. The van der Waals surface area contributed by atoms with Gasteiger partial charge in [-0.1, -0.05) is 38.5 Å². The van der Waals surface area contributed by atoms with Gasteiger partial charge in [0.05, 0.1) is 12.5 Å². The van der Waals surface area contributed by atoms with Crippen LogP contribution in [0.25, 0.3) is 0 Å². The van der Waals surface area contributed by atoms with Gasteiger partial charge in [-0.3, -0.25) is 4.79 Å². The molecule has 5 nitrogen and oxygen atoms in total. The van der Waals surface area contributed by atoms with Crippen LogP contribution in [0, 0.1) is 11.3 Å². The third kappa shape index (κ3) is 2.33. The fraction of sp³-hybridized carbons (Fsp3) is 0.800. The third-order valence-electron chi connectivity index (χ3n) is 4.79. The van der Waals surface area contributed by atoms with E-state index in [0.717, 1.165) is 42.5 Å². The van der Waals surface area contributed by atoms with Crippen LogP contribution in [-0.2, 0) is 14.9 Å². The normalized spacial score (nSPS) is 28.8. The van der Waals surface area contributed by atoms with Gasteiger partial charge in [0.15, 0.2) is 0 Å². The Hall–Kier alpha value is -1.17. The topological polar surface area (TPSA) is 55.3 Å². The number of ether oxygens (including phenoxy) is 1. The van der Waals surface area contributed by atoms with E-state index < -0.39 is 0 Å². The molecule has 1 aromatic rings. The van der Waals surface area contributed by atoms with Crippen LogP contribution in [0.1, 0.15) is 45.0 Å². The molecular weight excluding hydrogens is 286 g/mol. The second-order valence-electron chi connectivity index (χ2n) is 7.26. The first-order valence-electron chi connectivity index (χ1n) is 7.54. The lowest BCUT2D eigenvalue weighted by Crippen LogP contribution is -2.36. The molecule has 2 aliphatic rings.